The lowest BCUT2D eigenvalue weighted by atomic mass is 10.3. The summed E-state index contributed by atoms with van der Waals surface area (Å²) < 4.78 is 26.9. The lowest BCUT2D eigenvalue weighted by Crippen LogP contribution is -2.10. The zero-order valence-corrected chi connectivity index (χ0v) is 8.59. The van der Waals surface area contributed by atoms with E-state index in [4.69, 9.17) is 9.56 Å². The summed E-state index contributed by atoms with van der Waals surface area (Å²) in [5.41, 5.74) is 0.395. The van der Waals surface area contributed by atoms with E-state index in [-0.39, 0.29) is 11.0 Å². The van der Waals surface area contributed by atoms with Gasteiger partial charge in [-0.2, -0.15) is 0 Å². The number of nitrogens with two attached hydrogens (primary N) is 1. The smallest absolute Gasteiger partial charge is 0.271 e. The van der Waals surface area contributed by atoms with Crippen LogP contribution in [0.2, 0.25) is 0 Å². The molecule has 0 bridgehead atoms. The number of aromatic amines is 1. The first-order valence-electron chi connectivity index (χ1n) is 4.04. The van der Waals surface area contributed by atoms with Gasteiger partial charge in [-0.3, -0.25) is 4.79 Å². The van der Waals surface area contributed by atoms with Gasteiger partial charge in [-0.05, 0) is 6.92 Å². The summed E-state index contributed by atoms with van der Waals surface area (Å²) >= 11 is 0. The minimum absolute atomic E-state index is 0.171. The van der Waals surface area contributed by atoms with E-state index in [1.54, 1.807) is 6.92 Å². The summed E-state index contributed by atoms with van der Waals surface area (Å²) in [6.45, 7) is 1.67. The normalized spacial score (nSPS) is 12.1. The number of hydrogen-bond acceptors (Lipinski definition) is 4. The van der Waals surface area contributed by atoms with E-state index in [2.05, 4.69) is 4.98 Å². The maximum absolute atomic E-state index is 11.4. The van der Waals surface area contributed by atoms with Crippen molar-refractivity contribution in [1.82, 2.24) is 4.98 Å². The molecule has 0 spiro atoms. The van der Waals surface area contributed by atoms with Crippen molar-refractivity contribution in [2.24, 2.45) is 5.14 Å². The Balaban J connectivity index is 2.89. The molecule has 0 saturated carbocycles. The predicted molar refractivity (Wildman–Crippen MR) is 52.9 cm³/mol. The number of H-pyrrole nitrogens is 1. The molecule has 0 radical (unpaired) electrons. The zero-order valence-electron chi connectivity index (χ0n) is 7.77. The number of furan rings is 1. The number of primary sulfonamides is 1. The van der Waals surface area contributed by atoms with E-state index in [1.807, 2.05) is 0 Å². The van der Waals surface area contributed by atoms with Crippen LogP contribution in [-0.4, -0.2) is 13.4 Å². The van der Waals surface area contributed by atoms with Crippen LogP contribution in [0.25, 0.3) is 11.0 Å². The Bertz CT molecular complexity index is 680. The zero-order chi connectivity index (χ0) is 11.2. The van der Waals surface area contributed by atoms with Gasteiger partial charge in [-0.25, -0.2) is 13.6 Å². The molecule has 0 aliphatic rings. The Morgan fingerprint density at radius 1 is 1.40 bits per heavy atom. The van der Waals surface area contributed by atoms with Crippen LogP contribution in [0.5, 0.6) is 0 Å². The molecule has 15 heavy (non-hydrogen) atoms. The molecular formula is C8H8N2O4S. The van der Waals surface area contributed by atoms with E-state index in [0.29, 0.717) is 5.69 Å². The number of hydrogen-bond donors (Lipinski definition) is 2. The fraction of sp³-hybridized carbons (Fsp3) is 0.125. The summed E-state index contributed by atoms with van der Waals surface area (Å²) in [5, 5.41) is 4.64. The van der Waals surface area contributed by atoms with Crippen molar-refractivity contribution in [3.8, 4) is 0 Å². The lowest BCUT2D eigenvalue weighted by Gasteiger charge is -1.90. The highest BCUT2D eigenvalue weighted by atomic mass is 32.2. The van der Waals surface area contributed by atoms with Gasteiger partial charge in [0.2, 0.25) is 5.09 Å². The summed E-state index contributed by atoms with van der Waals surface area (Å²) in [6.07, 6.45) is 0. The van der Waals surface area contributed by atoms with Gasteiger partial charge in [-0.15, -0.1) is 0 Å². The minimum atomic E-state index is -3.91. The Hall–Kier alpha value is -1.60. The Kier molecular flexibility index (Phi) is 1.95. The van der Waals surface area contributed by atoms with Gasteiger partial charge in [-0.1, -0.05) is 0 Å². The molecule has 0 aliphatic heterocycles. The summed E-state index contributed by atoms with van der Waals surface area (Å²) in [7, 11) is -3.91. The van der Waals surface area contributed by atoms with Crippen LogP contribution in [0.15, 0.2) is 26.4 Å². The molecule has 0 amide bonds. The highest BCUT2D eigenvalue weighted by molar-refractivity contribution is 7.89. The second kappa shape index (κ2) is 2.94. The van der Waals surface area contributed by atoms with Gasteiger partial charge in [0.25, 0.3) is 15.6 Å². The Morgan fingerprint density at radius 3 is 2.67 bits per heavy atom. The first-order chi connectivity index (χ1) is 6.88. The van der Waals surface area contributed by atoms with Crippen molar-refractivity contribution < 1.29 is 12.8 Å². The number of fused-ring (bicyclic) bond motifs is 1. The number of nitrogens with one attached hydrogen (secondary N) is 1. The van der Waals surface area contributed by atoms with Gasteiger partial charge in [0, 0.05) is 17.8 Å². The minimum Gasteiger partial charge on any atom is -0.443 e. The summed E-state index contributed by atoms with van der Waals surface area (Å²) in [5.74, 6) is 0. The van der Waals surface area contributed by atoms with Gasteiger partial charge in [0.05, 0.1) is 5.39 Å². The number of rotatable bonds is 1. The molecule has 2 aromatic rings. The van der Waals surface area contributed by atoms with Crippen LogP contribution in [-0.2, 0) is 10.0 Å². The third kappa shape index (κ3) is 1.66. The average molecular weight is 228 g/mol. The van der Waals surface area contributed by atoms with Crippen molar-refractivity contribution >= 4 is 21.0 Å². The molecule has 6 nitrogen and oxygen atoms in total. The fourth-order valence-corrected chi connectivity index (χ4v) is 1.77. The second-order valence-corrected chi connectivity index (χ2v) is 4.66. The number of aromatic nitrogens is 1. The Morgan fingerprint density at radius 2 is 2.07 bits per heavy atom. The molecule has 2 aromatic heterocycles. The monoisotopic (exact) mass is 228 g/mol. The first-order valence-corrected chi connectivity index (χ1v) is 5.59. The van der Waals surface area contributed by atoms with Gasteiger partial charge < -0.3 is 9.40 Å². The van der Waals surface area contributed by atoms with E-state index < -0.39 is 20.7 Å². The molecule has 0 aliphatic carbocycles. The first kappa shape index (κ1) is 9.94. The highest BCUT2D eigenvalue weighted by Crippen LogP contribution is 2.18. The Labute approximate surface area is 84.8 Å². The molecule has 2 heterocycles. The van der Waals surface area contributed by atoms with Gasteiger partial charge in [0.15, 0.2) is 0 Å². The fourth-order valence-electron chi connectivity index (χ4n) is 1.29. The molecule has 0 fully saturated rings. The van der Waals surface area contributed by atoms with Crippen LogP contribution < -0.4 is 10.7 Å². The molecule has 0 aromatic carbocycles. The maximum Gasteiger partial charge on any atom is 0.271 e. The number of pyridine rings is 1. The quantitative estimate of drug-likeness (QED) is 0.720. The molecule has 0 atom stereocenters. The van der Waals surface area contributed by atoms with E-state index in [1.165, 1.54) is 6.07 Å². The van der Waals surface area contributed by atoms with Crippen molar-refractivity contribution in [3.05, 3.63) is 28.2 Å². The molecule has 0 saturated heterocycles. The highest BCUT2D eigenvalue weighted by Gasteiger charge is 2.16. The van der Waals surface area contributed by atoms with Crippen molar-refractivity contribution in [2.75, 3.05) is 0 Å². The SMILES string of the molecule is Cc1cc2oc(S(N)(=O)=O)cc2c(=O)[nH]1. The van der Waals surface area contributed by atoms with Crippen LogP contribution in [0.3, 0.4) is 0 Å². The topological polar surface area (TPSA) is 106 Å². The van der Waals surface area contributed by atoms with Gasteiger partial charge in [0.1, 0.15) is 5.58 Å². The van der Waals surface area contributed by atoms with Crippen LogP contribution in [0.1, 0.15) is 5.69 Å². The van der Waals surface area contributed by atoms with Crippen molar-refractivity contribution in [2.45, 2.75) is 12.0 Å². The number of sulfonamides is 1. The third-order valence-corrected chi connectivity index (χ3v) is 2.68. The molecule has 7 heteroatoms. The number of aryl methyl sites for hydroxylation is 1. The molecule has 0 unspecified atom stereocenters. The standard InChI is InChI=1S/C8H8N2O4S/c1-4-2-6-5(8(11)10-4)3-7(14-6)15(9,12)13/h2-3H,1H3,(H,10,11)(H2,9,12,13). The predicted octanol–water partition coefficient (Wildman–Crippen LogP) is 0.0769. The van der Waals surface area contributed by atoms with Crippen LogP contribution in [0, 0.1) is 6.92 Å². The molecule has 80 valence electrons. The lowest BCUT2D eigenvalue weighted by molar-refractivity contribution is 0.482. The van der Waals surface area contributed by atoms with Crippen LogP contribution >= 0.6 is 0 Å². The van der Waals surface area contributed by atoms with E-state index in [9.17, 15) is 13.2 Å². The second-order valence-electron chi connectivity index (χ2n) is 3.17. The maximum atomic E-state index is 11.4. The van der Waals surface area contributed by atoms with Crippen LogP contribution in [0.4, 0.5) is 0 Å². The average Bonchev–Trinajstić information content (AvgIpc) is 2.46. The van der Waals surface area contributed by atoms with Crippen molar-refractivity contribution in [3.63, 3.8) is 0 Å². The summed E-state index contributed by atoms with van der Waals surface area (Å²) in [6, 6.07) is 2.65. The van der Waals surface area contributed by atoms with Crippen molar-refractivity contribution in [1.29, 1.82) is 0 Å². The molecule has 3 N–H and O–H groups in total. The van der Waals surface area contributed by atoms with E-state index in [0.717, 1.165) is 6.07 Å². The third-order valence-electron chi connectivity index (χ3n) is 1.92. The molecular weight excluding hydrogens is 220 g/mol. The van der Waals surface area contributed by atoms with Gasteiger partial charge >= 0.3 is 0 Å². The van der Waals surface area contributed by atoms with E-state index >= 15 is 0 Å². The molecule has 2 rings (SSSR count). The summed E-state index contributed by atoms with van der Waals surface area (Å²) in [4.78, 5) is 13.9. The largest absolute Gasteiger partial charge is 0.443 e.